The Morgan fingerprint density at radius 3 is 1.27 bits per heavy atom. The number of hydrogen-bond acceptors (Lipinski definition) is 5. The van der Waals surface area contributed by atoms with Crippen LogP contribution in [0.1, 0.15) is 245 Å². The van der Waals surface area contributed by atoms with E-state index in [0.717, 1.165) is 64.2 Å². The molecule has 0 aromatic carbocycles. The Labute approximate surface area is 371 Å². The molecule has 3 unspecified atom stereocenters. The molecule has 3 atom stereocenters. The first-order valence-electron chi connectivity index (χ1n) is 25.5. The summed E-state index contributed by atoms with van der Waals surface area (Å²) in [4.78, 5) is 26.0. The number of aliphatic hydroxyl groups is 2. The number of nitrogens with one attached hydrogen (secondary N) is 1. The molecule has 0 fully saturated rings. The monoisotopic (exact) mass is 840 g/mol. The van der Waals surface area contributed by atoms with Crippen LogP contribution in [0.3, 0.4) is 0 Å². The Morgan fingerprint density at radius 2 is 0.867 bits per heavy atom. The molecule has 0 aromatic heterocycles. The molecular weight excluding hydrogens is 743 g/mol. The highest BCUT2D eigenvalue weighted by molar-refractivity contribution is 5.78. The van der Waals surface area contributed by atoms with Crippen molar-refractivity contribution in [3.63, 3.8) is 0 Å². The van der Waals surface area contributed by atoms with E-state index < -0.39 is 18.2 Å². The fourth-order valence-corrected chi connectivity index (χ4v) is 7.51. The molecule has 1 amide bonds. The molecule has 0 spiro atoms. The highest BCUT2D eigenvalue weighted by atomic mass is 16.5. The Balaban J connectivity index is 4.62. The minimum atomic E-state index is -0.818. The zero-order chi connectivity index (χ0) is 43.8. The molecule has 0 bridgehead atoms. The third kappa shape index (κ3) is 42.3. The second kappa shape index (κ2) is 47.6. The molecule has 0 aliphatic carbocycles. The van der Waals surface area contributed by atoms with E-state index in [2.05, 4.69) is 74.7 Å². The normalized spacial score (nSPS) is 13.8. The van der Waals surface area contributed by atoms with Gasteiger partial charge in [-0.05, 0) is 51.0 Å². The van der Waals surface area contributed by atoms with Crippen LogP contribution in [0.15, 0.2) is 60.8 Å². The van der Waals surface area contributed by atoms with Gasteiger partial charge in [0.05, 0.1) is 25.2 Å². The summed E-state index contributed by atoms with van der Waals surface area (Å²) in [5.41, 5.74) is 0. The van der Waals surface area contributed by atoms with E-state index in [9.17, 15) is 19.8 Å². The van der Waals surface area contributed by atoms with Gasteiger partial charge in [0.25, 0.3) is 0 Å². The van der Waals surface area contributed by atoms with Crippen molar-refractivity contribution in [2.45, 2.75) is 264 Å². The van der Waals surface area contributed by atoms with E-state index in [-0.39, 0.29) is 24.9 Å². The lowest BCUT2D eigenvalue weighted by molar-refractivity contribution is -0.148. The minimum absolute atomic E-state index is 0.0448. The largest absolute Gasteiger partial charge is 0.458 e. The quantitative estimate of drug-likeness (QED) is 0.0322. The van der Waals surface area contributed by atoms with Gasteiger partial charge in [-0.1, -0.05) is 242 Å². The standard InChI is InChI=1S/C54H97NO5/c1-4-7-10-13-16-19-22-24-26-27-28-30-32-34-37-40-43-46-52(57)51(49-56)55-53(58)48-50(60-54(59)47-44-41-38-35-21-18-15-12-9-6-3)45-42-39-36-33-31-29-25-23-20-17-14-11-8-5-2/h8,11,17,20,25,29,33,36,42,45,50-52,56-57H,4-7,9-10,12-16,18-19,21-24,26-28,30-32,34-35,37-41,43-44,46-49H2,1-3H3,(H,55,58)/b11-8+,20-17+,29-25+,36-33+,45-42+. The average Bonchev–Trinajstić information content (AvgIpc) is 3.24. The lowest BCUT2D eigenvalue weighted by atomic mass is 10.0. The van der Waals surface area contributed by atoms with Gasteiger partial charge in [0.15, 0.2) is 0 Å². The molecule has 348 valence electrons. The Kier molecular flexibility index (Phi) is 45.7. The second-order valence-electron chi connectivity index (χ2n) is 17.2. The van der Waals surface area contributed by atoms with Gasteiger partial charge < -0.3 is 20.3 Å². The topological polar surface area (TPSA) is 95.9 Å². The predicted molar refractivity (Wildman–Crippen MR) is 259 cm³/mol. The van der Waals surface area contributed by atoms with E-state index in [1.165, 1.54) is 135 Å². The molecule has 0 radical (unpaired) electrons. The van der Waals surface area contributed by atoms with E-state index >= 15 is 0 Å². The summed E-state index contributed by atoms with van der Waals surface area (Å²) in [5, 5.41) is 23.7. The van der Waals surface area contributed by atoms with Crippen LogP contribution in [0.25, 0.3) is 0 Å². The molecule has 0 heterocycles. The average molecular weight is 840 g/mol. The summed E-state index contributed by atoms with van der Waals surface area (Å²) in [6, 6.07) is -0.741. The van der Waals surface area contributed by atoms with Crippen LogP contribution in [-0.4, -0.2) is 46.9 Å². The molecule has 0 aromatic rings. The third-order valence-corrected chi connectivity index (χ3v) is 11.4. The molecule has 0 aliphatic rings. The maximum Gasteiger partial charge on any atom is 0.306 e. The number of esters is 1. The molecule has 0 saturated carbocycles. The number of hydrogen-bond donors (Lipinski definition) is 3. The summed E-state index contributed by atoms with van der Waals surface area (Å²) in [6.45, 7) is 6.33. The highest BCUT2D eigenvalue weighted by Crippen LogP contribution is 2.16. The molecule has 0 rings (SSSR count). The van der Waals surface area contributed by atoms with Crippen LogP contribution in [0.5, 0.6) is 0 Å². The molecule has 0 saturated heterocycles. The van der Waals surface area contributed by atoms with E-state index in [1.807, 2.05) is 6.08 Å². The van der Waals surface area contributed by atoms with Crippen molar-refractivity contribution in [2.24, 2.45) is 0 Å². The van der Waals surface area contributed by atoms with Crippen molar-refractivity contribution < 1.29 is 24.5 Å². The van der Waals surface area contributed by atoms with Gasteiger partial charge in [-0.2, -0.15) is 0 Å². The molecule has 6 heteroatoms. The van der Waals surface area contributed by atoms with Crippen LogP contribution in [0.4, 0.5) is 0 Å². The van der Waals surface area contributed by atoms with E-state index in [1.54, 1.807) is 6.08 Å². The zero-order valence-electron chi connectivity index (χ0n) is 39.6. The molecular formula is C54H97NO5. The number of allylic oxidation sites excluding steroid dienone is 9. The molecule has 6 nitrogen and oxygen atoms in total. The predicted octanol–water partition coefficient (Wildman–Crippen LogP) is 15.2. The number of aliphatic hydroxyl groups excluding tert-OH is 2. The molecule has 0 aliphatic heterocycles. The lowest BCUT2D eigenvalue weighted by Crippen LogP contribution is -2.46. The minimum Gasteiger partial charge on any atom is -0.458 e. The first kappa shape index (κ1) is 57.6. The van der Waals surface area contributed by atoms with E-state index in [4.69, 9.17) is 4.74 Å². The number of unbranched alkanes of at least 4 members (excludes halogenated alkanes) is 25. The van der Waals surface area contributed by atoms with Gasteiger partial charge in [0.1, 0.15) is 6.10 Å². The van der Waals surface area contributed by atoms with Crippen LogP contribution in [0.2, 0.25) is 0 Å². The van der Waals surface area contributed by atoms with Gasteiger partial charge in [0, 0.05) is 6.42 Å². The lowest BCUT2D eigenvalue weighted by Gasteiger charge is -2.23. The van der Waals surface area contributed by atoms with Crippen molar-refractivity contribution >= 4 is 11.9 Å². The van der Waals surface area contributed by atoms with Crippen LogP contribution >= 0.6 is 0 Å². The van der Waals surface area contributed by atoms with Gasteiger partial charge in [-0.15, -0.1) is 0 Å². The van der Waals surface area contributed by atoms with Crippen molar-refractivity contribution in [3.05, 3.63) is 60.8 Å². The number of carbonyl (C=O) groups excluding carboxylic acids is 2. The maximum absolute atomic E-state index is 13.1. The number of ether oxygens (including phenoxy) is 1. The summed E-state index contributed by atoms with van der Waals surface area (Å²) in [5.74, 6) is -0.626. The Bertz CT molecular complexity index is 1080. The fraction of sp³-hybridized carbons (Fsp3) is 0.778. The van der Waals surface area contributed by atoms with Crippen LogP contribution in [0, 0.1) is 0 Å². The Morgan fingerprint density at radius 1 is 0.500 bits per heavy atom. The smallest absolute Gasteiger partial charge is 0.306 e. The van der Waals surface area contributed by atoms with Gasteiger partial charge in [-0.3, -0.25) is 9.59 Å². The molecule has 60 heavy (non-hydrogen) atoms. The SMILES string of the molecule is CC/C=C/C/C=C/C/C=C/C/C=C/C/C=C/C(CC(=O)NC(CO)C(O)CCCCCCCCCCCCCCCCCCC)OC(=O)CCCCCCCCCCCC. The first-order chi connectivity index (χ1) is 29.5. The second-order valence-corrected chi connectivity index (χ2v) is 17.2. The van der Waals surface area contributed by atoms with Gasteiger partial charge in [-0.25, -0.2) is 0 Å². The zero-order valence-corrected chi connectivity index (χ0v) is 39.6. The van der Waals surface area contributed by atoms with Crippen LogP contribution < -0.4 is 5.32 Å². The van der Waals surface area contributed by atoms with Crippen molar-refractivity contribution in [1.29, 1.82) is 0 Å². The van der Waals surface area contributed by atoms with Gasteiger partial charge in [0.2, 0.25) is 5.91 Å². The summed E-state index contributed by atoms with van der Waals surface area (Å²) >= 11 is 0. The third-order valence-electron chi connectivity index (χ3n) is 11.4. The van der Waals surface area contributed by atoms with Crippen LogP contribution in [-0.2, 0) is 14.3 Å². The maximum atomic E-state index is 13.1. The van der Waals surface area contributed by atoms with Gasteiger partial charge >= 0.3 is 5.97 Å². The Hall–Kier alpha value is -2.44. The number of carbonyl (C=O) groups is 2. The number of amides is 1. The van der Waals surface area contributed by atoms with Crippen molar-refractivity contribution in [1.82, 2.24) is 5.32 Å². The fourth-order valence-electron chi connectivity index (χ4n) is 7.51. The first-order valence-corrected chi connectivity index (χ1v) is 25.5. The van der Waals surface area contributed by atoms with Crippen molar-refractivity contribution in [3.8, 4) is 0 Å². The molecule has 3 N–H and O–H groups in total. The highest BCUT2D eigenvalue weighted by Gasteiger charge is 2.23. The summed E-state index contributed by atoms with van der Waals surface area (Å²) in [6.07, 6.45) is 58.9. The number of rotatable bonds is 45. The summed E-state index contributed by atoms with van der Waals surface area (Å²) in [7, 11) is 0. The van der Waals surface area contributed by atoms with E-state index in [0.29, 0.717) is 19.3 Å². The summed E-state index contributed by atoms with van der Waals surface area (Å²) < 4.78 is 5.80. The van der Waals surface area contributed by atoms with Crippen molar-refractivity contribution in [2.75, 3.05) is 6.61 Å².